The molecule has 1 aromatic heterocycles. The molecule has 0 bridgehead atoms. The standard InChI is InChI=1S/C9H6N2O3.C6H5.ClH.Ru/c12-8-4-3-7(11(13)14)6-2-1-5-10-9(6)8;1-2-4-6-5-3-1;;/h1-5,12H;1-5H;1H;/q;-1;;+2/p-1. The average molecular weight is 404 g/mol. The van der Waals surface area contributed by atoms with Gasteiger partial charge in [0.15, 0.2) is 0 Å². The minimum Gasteiger partial charge on any atom is -1.00 e. The number of nitrogens with zero attached hydrogens (tertiary/aromatic N) is 2. The molecular formula is C15H11ClN2O3Ru. The number of nitro benzene ring substituents is 1. The van der Waals surface area contributed by atoms with E-state index in [-0.39, 0.29) is 48.8 Å². The molecule has 0 aliphatic heterocycles. The van der Waals surface area contributed by atoms with Gasteiger partial charge in [-0.25, -0.2) is 0 Å². The number of halogens is 1. The maximum Gasteiger partial charge on any atom is 2.00 e. The molecule has 0 aliphatic rings. The molecule has 0 spiro atoms. The van der Waals surface area contributed by atoms with Crippen LogP contribution in [-0.2, 0) is 19.5 Å². The Kier molecular flexibility index (Phi) is 8.91. The van der Waals surface area contributed by atoms with Gasteiger partial charge in [0.05, 0.1) is 10.3 Å². The molecule has 22 heavy (non-hydrogen) atoms. The zero-order chi connectivity index (χ0) is 14.4. The van der Waals surface area contributed by atoms with Crippen LogP contribution < -0.4 is 12.4 Å². The minimum absolute atomic E-state index is 0. The second-order valence-electron chi connectivity index (χ2n) is 3.84. The van der Waals surface area contributed by atoms with Crippen LogP contribution in [0.25, 0.3) is 10.9 Å². The summed E-state index contributed by atoms with van der Waals surface area (Å²) in [4.78, 5) is 14.0. The fourth-order valence-electron chi connectivity index (χ4n) is 1.64. The number of rotatable bonds is 1. The van der Waals surface area contributed by atoms with Crippen molar-refractivity contribution in [3.63, 3.8) is 0 Å². The molecule has 0 atom stereocenters. The van der Waals surface area contributed by atoms with E-state index in [0.717, 1.165) is 0 Å². The third-order valence-electron chi connectivity index (χ3n) is 2.53. The van der Waals surface area contributed by atoms with Gasteiger partial charge in [-0.1, -0.05) is 0 Å². The molecule has 0 amide bonds. The Bertz CT molecular complexity index is 700. The van der Waals surface area contributed by atoms with Gasteiger partial charge in [-0.3, -0.25) is 15.1 Å². The summed E-state index contributed by atoms with van der Waals surface area (Å²) in [6.07, 6.45) is 1.48. The predicted octanol–water partition coefficient (Wildman–Crippen LogP) is 0.337. The molecule has 0 saturated heterocycles. The van der Waals surface area contributed by atoms with Crippen LogP contribution in [0.5, 0.6) is 5.75 Å². The Morgan fingerprint density at radius 2 is 1.77 bits per heavy atom. The number of phenolic OH excluding ortho intramolecular Hbond substituents is 1. The van der Waals surface area contributed by atoms with Crippen molar-refractivity contribution in [2.75, 3.05) is 0 Å². The molecule has 0 aliphatic carbocycles. The van der Waals surface area contributed by atoms with Crippen molar-refractivity contribution in [1.82, 2.24) is 4.98 Å². The van der Waals surface area contributed by atoms with Crippen LogP contribution in [0.15, 0.2) is 60.8 Å². The van der Waals surface area contributed by atoms with Crippen molar-refractivity contribution in [3.8, 4) is 5.75 Å². The monoisotopic (exact) mass is 404 g/mol. The van der Waals surface area contributed by atoms with E-state index in [9.17, 15) is 15.2 Å². The molecule has 5 nitrogen and oxygen atoms in total. The Hall–Kier alpha value is -2.04. The fraction of sp³-hybridized carbons (Fsp3) is 0. The number of aromatic hydroxyl groups is 1. The number of pyridine rings is 1. The van der Waals surface area contributed by atoms with Gasteiger partial charge in [-0.15, -0.1) is 0 Å². The van der Waals surface area contributed by atoms with E-state index in [1.54, 1.807) is 12.1 Å². The van der Waals surface area contributed by atoms with Crippen molar-refractivity contribution in [2.45, 2.75) is 0 Å². The second-order valence-corrected chi connectivity index (χ2v) is 3.84. The number of non-ortho nitro benzene ring substituents is 1. The first-order valence-corrected chi connectivity index (χ1v) is 5.82. The summed E-state index contributed by atoms with van der Waals surface area (Å²) < 4.78 is 0. The Morgan fingerprint density at radius 1 is 1.09 bits per heavy atom. The zero-order valence-corrected chi connectivity index (χ0v) is 13.7. The van der Waals surface area contributed by atoms with Crippen LogP contribution in [0.1, 0.15) is 0 Å². The van der Waals surface area contributed by atoms with Gasteiger partial charge in [-0.2, -0.15) is 36.4 Å². The van der Waals surface area contributed by atoms with Crippen molar-refractivity contribution >= 4 is 16.6 Å². The molecule has 1 N–H and O–H groups in total. The number of nitro groups is 1. The molecule has 7 heteroatoms. The van der Waals surface area contributed by atoms with E-state index < -0.39 is 4.92 Å². The molecule has 1 heterocycles. The molecule has 0 fully saturated rings. The molecule has 0 unspecified atom stereocenters. The quantitative estimate of drug-likeness (QED) is 0.275. The minimum atomic E-state index is -0.497. The number of benzene rings is 2. The molecule has 0 radical (unpaired) electrons. The zero-order valence-electron chi connectivity index (χ0n) is 11.2. The average Bonchev–Trinajstić information content (AvgIpc) is 2.50. The van der Waals surface area contributed by atoms with Crippen LogP contribution in [0.3, 0.4) is 0 Å². The van der Waals surface area contributed by atoms with Crippen LogP contribution in [0, 0.1) is 16.2 Å². The van der Waals surface area contributed by atoms with E-state index >= 15 is 0 Å². The Balaban J connectivity index is 0.000000472. The van der Waals surface area contributed by atoms with Crippen molar-refractivity contribution in [2.24, 2.45) is 0 Å². The summed E-state index contributed by atoms with van der Waals surface area (Å²) in [6.45, 7) is 0. The normalized spacial score (nSPS) is 8.73. The first kappa shape index (κ1) is 20.0. The molecule has 114 valence electrons. The topological polar surface area (TPSA) is 76.3 Å². The smallest absolute Gasteiger partial charge is 1.00 e. The summed E-state index contributed by atoms with van der Waals surface area (Å²) in [6, 6.07) is 18.2. The maximum absolute atomic E-state index is 10.6. The number of fused-ring (bicyclic) bond motifs is 1. The third-order valence-corrected chi connectivity index (χ3v) is 2.53. The maximum atomic E-state index is 10.6. The van der Waals surface area contributed by atoms with Gasteiger partial charge in [0.25, 0.3) is 5.69 Å². The van der Waals surface area contributed by atoms with Gasteiger partial charge in [0.2, 0.25) is 0 Å². The third kappa shape index (κ3) is 5.06. The van der Waals surface area contributed by atoms with E-state index in [1.807, 2.05) is 30.3 Å². The summed E-state index contributed by atoms with van der Waals surface area (Å²) in [5.41, 5.74) is 0.201. The second kappa shape index (κ2) is 9.82. The van der Waals surface area contributed by atoms with Gasteiger partial charge < -0.3 is 17.5 Å². The van der Waals surface area contributed by atoms with Crippen LogP contribution in [0.4, 0.5) is 5.69 Å². The van der Waals surface area contributed by atoms with Crippen molar-refractivity contribution in [1.29, 1.82) is 0 Å². The van der Waals surface area contributed by atoms with Gasteiger partial charge >= 0.3 is 19.5 Å². The summed E-state index contributed by atoms with van der Waals surface area (Å²) in [7, 11) is 0. The van der Waals surface area contributed by atoms with E-state index in [4.69, 9.17) is 0 Å². The first-order valence-electron chi connectivity index (χ1n) is 5.82. The molecule has 0 saturated carbocycles. The molecular weight excluding hydrogens is 393 g/mol. The Labute approximate surface area is 146 Å². The summed E-state index contributed by atoms with van der Waals surface area (Å²) >= 11 is 0. The van der Waals surface area contributed by atoms with Crippen LogP contribution >= 0.6 is 0 Å². The van der Waals surface area contributed by atoms with E-state index in [0.29, 0.717) is 5.39 Å². The SMILES string of the molecule is O=[N+]([O-])c1ccc(O)c2ncccc12.[Cl-].[Ru+2].[c-]1ccccc1. The molecule has 2 aromatic carbocycles. The summed E-state index contributed by atoms with van der Waals surface area (Å²) in [5.74, 6) is -0.0498. The Morgan fingerprint density at radius 3 is 2.27 bits per heavy atom. The largest absolute Gasteiger partial charge is 2.00 e. The van der Waals surface area contributed by atoms with Crippen LogP contribution in [0.2, 0.25) is 0 Å². The first-order chi connectivity index (χ1) is 9.70. The van der Waals surface area contributed by atoms with Crippen molar-refractivity contribution in [3.05, 3.63) is 77.0 Å². The fourth-order valence-corrected chi connectivity index (χ4v) is 1.64. The predicted molar refractivity (Wildman–Crippen MR) is 75.3 cm³/mol. The van der Waals surface area contributed by atoms with E-state index in [2.05, 4.69) is 11.1 Å². The molecule has 3 rings (SSSR count). The van der Waals surface area contributed by atoms with Gasteiger partial charge in [0.1, 0.15) is 11.3 Å². The number of hydrogen-bond donors (Lipinski definition) is 1. The van der Waals surface area contributed by atoms with Crippen LogP contribution in [-0.4, -0.2) is 15.0 Å². The number of phenols is 1. The number of hydrogen-bond acceptors (Lipinski definition) is 4. The van der Waals surface area contributed by atoms with Crippen molar-refractivity contribution < 1.29 is 41.9 Å². The van der Waals surface area contributed by atoms with E-state index in [1.165, 1.54) is 18.3 Å². The number of aromatic nitrogens is 1. The molecule has 3 aromatic rings. The van der Waals surface area contributed by atoms with Gasteiger partial charge in [-0.05, 0) is 18.2 Å². The summed E-state index contributed by atoms with van der Waals surface area (Å²) in [5, 5.41) is 20.4. The van der Waals surface area contributed by atoms with Gasteiger partial charge in [0, 0.05) is 12.3 Å².